The summed E-state index contributed by atoms with van der Waals surface area (Å²) in [5.74, 6) is 0.950. The average Bonchev–Trinajstić information content (AvgIpc) is 2.27. The molecule has 96 valence electrons. The zero-order chi connectivity index (χ0) is 12.9. The van der Waals surface area contributed by atoms with E-state index in [9.17, 15) is 13.2 Å². The number of methoxy groups -OCH3 is 1. The molecule has 1 rings (SSSR count). The van der Waals surface area contributed by atoms with E-state index in [-0.39, 0.29) is 6.54 Å². The summed E-state index contributed by atoms with van der Waals surface area (Å²) in [6.45, 7) is -0.235. The zero-order valence-corrected chi connectivity index (χ0v) is 9.38. The summed E-state index contributed by atoms with van der Waals surface area (Å²) >= 11 is 0. The highest BCUT2D eigenvalue weighted by molar-refractivity contribution is 5.40. The second-order valence-corrected chi connectivity index (χ2v) is 3.39. The van der Waals surface area contributed by atoms with Crippen LogP contribution in [-0.4, -0.2) is 19.9 Å². The van der Waals surface area contributed by atoms with Gasteiger partial charge in [-0.15, -0.1) is 0 Å². The first-order valence-corrected chi connectivity index (χ1v) is 5.03. The maximum Gasteiger partial charge on any atom is 0.392 e. The van der Waals surface area contributed by atoms with E-state index in [1.165, 1.54) is 7.11 Å². The topological polar surface area (TPSA) is 44.5 Å². The third kappa shape index (κ3) is 4.52. The molecular formula is C11H14F3NO2. The van der Waals surface area contributed by atoms with Crippen molar-refractivity contribution >= 4 is 0 Å². The van der Waals surface area contributed by atoms with E-state index in [4.69, 9.17) is 15.2 Å². The summed E-state index contributed by atoms with van der Waals surface area (Å²) in [6, 6.07) is 4.81. The standard InChI is InChI=1S/C11H14F3NO2/c1-16-9-2-3-10(8(6-9)7-15)17-5-4-11(12,13)14/h2-3,6H,4-5,7,15H2,1H3. The van der Waals surface area contributed by atoms with Gasteiger partial charge in [0, 0.05) is 12.1 Å². The second-order valence-electron chi connectivity index (χ2n) is 3.39. The molecule has 1 aromatic carbocycles. The van der Waals surface area contributed by atoms with Crippen molar-refractivity contribution in [3.8, 4) is 11.5 Å². The SMILES string of the molecule is COc1ccc(OCCC(F)(F)F)c(CN)c1. The maximum absolute atomic E-state index is 11.9. The van der Waals surface area contributed by atoms with Crippen molar-refractivity contribution in [3.05, 3.63) is 23.8 Å². The normalized spacial score (nSPS) is 11.4. The van der Waals surface area contributed by atoms with Gasteiger partial charge in [0.2, 0.25) is 0 Å². The lowest BCUT2D eigenvalue weighted by Crippen LogP contribution is -2.14. The first-order valence-electron chi connectivity index (χ1n) is 5.03. The van der Waals surface area contributed by atoms with Crippen LogP contribution in [0.1, 0.15) is 12.0 Å². The Hall–Kier alpha value is -1.43. The molecule has 0 spiro atoms. The molecule has 0 unspecified atom stereocenters. The van der Waals surface area contributed by atoms with E-state index in [0.717, 1.165) is 0 Å². The van der Waals surface area contributed by atoms with Gasteiger partial charge in [0.1, 0.15) is 11.5 Å². The third-order valence-corrected chi connectivity index (χ3v) is 2.13. The molecule has 0 atom stereocenters. The zero-order valence-electron chi connectivity index (χ0n) is 9.38. The van der Waals surface area contributed by atoms with E-state index >= 15 is 0 Å². The Morgan fingerprint density at radius 3 is 2.53 bits per heavy atom. The molecule has 0 amide bonds. The van der Waals surface area contributed by atoms with Gasteiger partial charge in [0.15, 0.2) is 0 Å². The minimum absolute atomic E-state index is 0.179. The predicted octanol–water partition coefficient (Wildman–Crippen LogP) is 2.49. The molecule has 0 aliphatic heterocycles. The molecule has 6 heteroatoms. The van der Waals surface area contributed by atoms with E-state index in [1.54, 1.807) is 18.2 Å². The van der Waals surface area contributed by atoms with E-state index < -0.39 is 19.2 Å². The predicted molar refractivity (Wildman–Crippen MR) is 57.1 cm³/mol. The van der Waals surface area contributed by atoms with Gasteiger partial charge in [0.25, 0.3) is 0 Å². The molecule has 17 heavy (non-hydrogen) atoms. The number of alkyl halides is 3. The van der Waals surface area contributed by atoms with Gasteiger partial charge in [-0.3, -0.25) is 0 Å². The summed E-state index contributed by atoms with van der Waals surface area (Å²) in [5.41, 5.74) is 6.09. The van der Waals surface area contributed by atoms with Crippen molar-refractivity contribution in [2.45, 2.75) is 19.1 Å². The summed E-state index contributed by atoms with van der Waals surface area (Å²) in [7, 11) is 1.50. The molecule has 0 saturated heterocycles. The largest absolute Gasteiger partial charge is 0.497 e. The van der Waals surface area contributed by atoms with Gasteiger partial charge in [0.05, 0.1) is 20.1 Å². The van der Waals surface area contributed by atoms with E-state index in [1.807, 2.05) is 0 Å². The molecule has 3 nitrogen and oxygen atoms in total. The third-order valence-electron chi connectivity index (χ3n) is 2.13. The van der Waals surface area contributed by atoms with Gasteiger partial charge in [-0.25, -0.2) is 0 Å². The second kappa shape index (κ2) is 5.77. The number of hydrogen-bond acceptors (Lipinski definition) is 3. The molecule has 0 aliphatic carbocycles. The molecule has 2 N–H and O–H groups in total. The van der Waals surface area contributed by atoms with Gasteiger partial charge in [-0.2, -0.15) is 13.2 Å². The molecule has 0 aliphatic rings. The van der Waals surface area contributed by atoms with E-state index in [0.29, 0.717) is 17.1 Å². The highest BCUT2D eigenvalue weighted by atomic mass is 19.4. The number of benzene rings is 1. The molecule has 0 saturated carbocycles. The molecule has 0 aromatic heterocycles. The Labute approximate surface area is 97.3 Å². The summed E-state index contributed by atoms with van der Waals surface area (Å²) < 4.78 is 45.8. The van der Waals surface area contributed by atoms with E-state index in [2.05, 4.69) is 0 Å². The van der Waals surface area contributed by atoms with Crippen LogP contribution in [0.25, 0.3) is 0 Å². The number of rotatable bonds is 5. The molecule has 0 heterocycles. The van der Waals surface area contributed by atoms with Gasteiger partial charge in [-0.05, 0) is 18.2 Å². The van der Waals surface area contributed by atoms with Crippen molar-refractivity contribution in [1.29, 1.82) is 0 Å². The monoisotopic (exact) mass is 249 g/mol. The molecular weight excluding hydrogens is 235 g/mol. The van der Waals surface area contributed by atoms with Crippen LogP contribution in [0.3, 0.4) is 0 Å². The van der Waals surface area contributed by atoms with Crippen molar-refractivity contribution in [2.24, 2.45) is 5.73 Å². The molecule has 0 fully saturated rings. The highest BCUT2D eigenvalue weighted by Crippen LogP contribution is 2.25. The van der Waals surface area contributed by atoms with Gasteiger partial charge in [-0.1, -0.05) is 0 Å². The average molecular weight is 249 g/mol. The summed E-state index contributed by atoms with van der Waals surface area (Å²) in [5, 5.41) is 0. The molecule has 0 radical (unpaired) electrons. The van der Waals surface area contributed by atoms with Crippen molar-refractivity contribution in [1.82, 2.24) is 0 Å². The van der Waals surface area contributed by atoms with Crippen molar-refractivity contribution < 1.29 is 22.6 Å². The van der Waals surface area contributed by atoms with Crippen LogP contribution in [0, 0.1) is 0 Å². The lowest BCUT2D eigenvalue weighted by Gasteiger charge is -2.12. The van der Waals surface area contributed by atoms with Gasteiger partial charge >= 0.3 is 6.18 Å². The number of hydrogen-bond donors (Lipinski definition) is 1. The lowest BCUT2D eigenvalue weighted by atomic mass is 10.2. The first-order chi connectivity index (χ1) is 7.96. The molecule has 0 bridgehead atoms. The van der Waals surface area contributed by atoms with Crippen LogP contribution >= 0.6 is 0 Å². The fourth-order valence-electron chi connectivity index (χ4n) is 1.26. The Morgan fingerprint density at radius 1 is 1.29 bits per heavy atom. The first kappa shape index (κ1) is 13.6. The lowest BCUT2D eigenvalue weighted by molar-refractivity contribution is -0.139. The Morgan fingerprint density at radius 2 is 2.00 bits per heavy atom. The Balaban J connectivity index is 2.64. The van der Waals surface area contributed by atoms with Gasteiger partial charge < -0.3 is 15.2 Å². The maximum atomic E-state index is 11.9. The summed E-state index contributed by atoms with van der Waals surface area (Å²) in [6.07, 6.45) is -5.20. The van der Waals surface area contributed by atoms with Crippen molar-refractivity contribution in [2.75, 3.05) is 13.7 Å². The number of ether oxygens (including phenoxy) is 2. The Bertz CT molecular complexity index is 366. The molecule has 1 aromatic rings. The fourth-order valence-corrected chi connectivity index (χ4v) is 1.26. The summed E-state index contributed by atoms with van der Waals surface area (Å²) in [4.78, 5) is 0. The minimum atomic E-state index is -4.21. The highest BCUT2D eigenvalue weighted by Gasteiger charge is 2.26. The van der Waals surface area contributed by atoms with Crippen LogP contribution in [0.4, 0.5) is 13.2 Å². The fraction of sp³-hybridized carbons (Fsp3) is 0.455. The van der Waals surface area contributed by atoms with Crippen LogP contribution in [0.15, 0.2) is 18.2 Å². The number of nitrogens with two attached hydrogens (primary N) is 1. The Kier molecular flexibility index (Phi) is 4.62. The van der Waals surface area contributed by atoms with Crippen LogP contribution in [0.2, 0.25) is 0 Å². The quantitative estimate of drug-likeness (QED) is 0.871. The van der Waals surface area contributed by atoms with Crippen LogP contribution < -0.4 is 15.2 Å². The van der Waals surface area contributed by atoms with Crippen molar-refractivity contribution in [3.63, 3.8) is 0 Å². The number of halogens is 3. The smallest absolute Gasteiger partial charge is 0.392 e. The minimum Gasteiger partial charge on any atom is -0.497 e. The van der Waals surface area contributed by atoms with Crippen LogP contribution in [-0.2, 0) is 6.54 Å². The van der Waals surface area contributed by atoms with Crippen LogP contribution in [0.5, 0.6) is 11.5 Å².